The van der Waals surface area contributed by atoms with Crippen LogP contribution in [0.2, 0.25) is 0 Å². The summed E-state index contributed by atoms with van der Waals surface area (Å²) in [6, 6.07) is 0. The molecule has 0 saturated carbocycles. The maximum atomic E-state index is 13.8. The molecule has 0 heterocycles. The highest BCUT2D eigenvalue weighted by Gasteiger charge is 2.97. The second-order valence-corrected chi connectivity index (χ2v) is 10.1. The molecule has 0 aromatic rings. The second-order valence-electron chi connectivity index (χ2n) is 10.1. The molecule has 0 radical (unpaired) electrons. The fraction of sp³-hybridized carbons (Fsp3) is 0.895. The zero-order chi connectivity index (χ0) is 45.9. The first-order valence-corrected chi connectivity index (χ1v) is 11.5. The number of rotatable bonds is 16. The normalized spacial score (nSPS) is 16.8. The summed E-state index contributed by atoms with van der Waals surface area (Å²) in [6.45, 7) is 0. The molecule has 0 amide bonds. The number of halogens is 34. The molecule has 0 spiro atoms. The van der Waals surface area contributed by atoms with Crippen molar-refractivity contribution < 1.29 is 159 Å². The SMILES string of the molecule is O=C(CC(=O)C(F)(F)C(F)(F)C(F)(F)C(F)(F)C(F)(F)C(F)(F)C(F)(F)C(F)(F)F)C(F)(F)C(F)(F)C(F)(F)C(F)(F)C(F)(F)C(F)(F)C(F)(F)C(F)(F)F. The van der Waals surface area contributed by atoms with E-state index in [4.69, 9.17) is 0 Å². The van der Waals surface area contributed by atoms with E-state index in [1.165, 1.54) is 0 Å². The van der Waals surface area contributed by atoms with Crippen LogP contribution in [-0.4, -0.2) is 107 Å². The second kappa shape index (κ2) is 12.7. The third-order valence-electron chi connectivity index (χ3n) is 6.47. The van der Waals surface area contributed by atoms with Crippen LogP contribution in [0, 0.1) is 0 Å². The van der Waals surface area contributed by atoms with Gasteiger partial charge in [0.25, 0.3) is 0 Å². The first-order chi connectivity index (χ1) is 23.0. The Morgan fingerprint density at radius 3 is 0.491 bits per heavy atom. The molecule has 0 bridgehead atoms. The summed E-state index contributed by atoms with van der Waals surface area (Å²) in [5.74, 6) is -139. The maximum absolute atomic E-state index is 13.8. The van der Waals surface area contributed by atoms with Crippen molar-refractivity contribution in [3.05, 3.63) is 0 Å². The Balaban J connectivity index is 7.18. The first kappa shape index (κ1) is 52.0. The monoisotopic (exact) mass is 908 g/mol. The highest BCUT2D eigenvalue weighted by atomic mass is 19.4. The van der Waals surface area contributed by atoms with E-state index < -0.39 is 113 Å². The number of hydrogen-bond acceptors (Lipinski definition) is 2. The van der Waals surface area contributed by atoms with E-state index in [2.05, 4.69) is 0 Å². The molecule has 0 fully saturated rings. The molecular weight excluding hydrogens is 906 g/mol. The number of ketones is 2. The smallest absolute Gasteiger partial charge is 0.292 e. The molecule has 0 aromatic heterocycles. The Labute approximate surface area is 273 Å². The third-order valence-corrected chi connectivity index (χ3v) is 6.47. The molecule has 0 unspecified atom stereocenters. The maximum Gasteiger partial charge on any atom is 0.460 e. The molecule has 0 aliphatic rings. The minimum absolute atomic E-state index is 4.88. The zero-order valence-electron chi connectivity index (χ0n) is 23.4. The lowest BCUT2D eigenvalue weighted by atomic mass is 9.85. The molecule has 0 saturated heterocycles. The van der Waals surface area contributed by atoms with Crippen LogP contribution in [0.1, 0.15) is 6.42 Å². The van der Waals surface area contributed by atoms with Crippen LogP contribution in [0.3, 0.4) is 0 Å². The standard InChI is InChI=1S/C19H2F34O2/c20-4(21,6(24,25)8(28,29)10(32,33)12(36,37)14(40,41)16(44,45)18(48,49)50)2(54)1-3(55)5(22,23)7(26,27)9(30,31)11(34,35)13(38,39)15(42,43)17(46,47)19(51,52)53/h1H2. The summed E-state index contributed by atoms with van der Waals surface area (Å²) in [4.78, 5) is 22.4. The van der Waals surface area contributed by atoms with E-state index in [1.807, 2.05) is 0 Å². The van der Waals surface area contributed by atoms with Gasteiger partial charge >= 0.3 is 95.3 Å². The van der Waals surface area contributed by atoms with Gasteiger partial charge in [0.05, 0.1) is 6.42 Å². The highest BCUT2D eigenvalue weighted by molar-refractivity contribution is 6.06. The van der Waals surface area contributed by atoms with Crippen LogP contribution < -0.4 is 0 Å². The lowest BCUT2D eigenvalue weighted by Crippen LogP contribution is -2.75. The van der Waals surface area contributed by atoms with Crippen molar-refractivity contribution >= 4 is 11.6 Å². The summed E-state index contributed by atoms with van der Waals surface area (Å²) in [7, 11) is 0. The van der Waals surface area contributed by atoms with Crippen molar-refractivity contribution in [2.45, 2.75) is 102 Å². The van der Waals surface area contributed by atoms with Gasteiger partial charge in [-0.3, -0.25) is 9.59 Å². The molecule has 0 atom stereocenters. The van der Waals surface area contributed by atoms with Crippen molar-refractivity contribution in [1.29, 1.82) is 0 Å². The topological polar surface area (TPSA) is 34.1 Å². The third kappa shape index (κ3) is 6.33. The van der Waals surface area contributed by atoms with Gasteiger partial charge in [0.2, 0.25) is 11.6 Å². The van der Waals surface area contributed by atoms with E-state index in [0.717, 1.165) is 0 Å². The van der Waals surface area contributed by atoms with E-state index in [-0.39, 0.29) is 0 Å². The number of alkyl halides is 34. The highest BCUT2D eigenvalue weighted by Crippen LogP contribution is 2.66. The Hall–Kier alpha value is -3.04. The van der Waals surface area contributed by atoms with Crippen molar-refractivity contribution in [3.8, 4) is 0 Å². The first-order valence-electron chi connectivity index (χ1n) is 11.5. The van der Waals surface area contributed by atoms with Crippen LogP contribution >= 0.6 is 0 Å². The average molecular weight is 908 g/mol. The molecule has 0 aliphatic carbocycles. The van der Waals surface area contributed by atoms with Gasteiger partial charge in [0, 0.05) is 0 Å². The van der Waals surface area contributed by atoms with Gasteiger partial charge in [-0.2, -0.15) is 149 Å². The Morgan fingerprint density at radius 2 is 0.345 bits per heavy atom. The van der Waals surface area contributed by atoms with Gasteiger partial charge < -0.3 is 0 Å². The van der Waals surface area contributed by atoms with Crippen molar-refractivity contribution in [2.75, 3.05) is 0 Å². The van der Waals surface area contributed by atoms with Gasteiger partial charge in [-0.1, -0.05) is 0 Å². The van der Waals surface area contributed by atoms with E-state index in [9.17, 15) is 159 Å². The summed E-state index contributed by atoms with van der Waals surface area (Å²) in [6.07, 6.45) is -21.4. The number of Topliss-reactive ketones (excluding diaryl/α,β-unsaturated/α-hetero) is 2. The van der Waals surface area contributed by atoms with Crippen molar-refractivity contribution in [2.24, 2.45) is 0 Å². The zero-order valence-corrected chi connectivity index (χ0v) is 23.4. The number of carbonyl (C=O) groups is 2. The molecule has 0 rings (SSSR count). The molecule has 55 heavy (non-hydrogen) atoms. The molecule has 0 aliphatic heterocycles. The van der Waals surface area contributed by atoms with Gasteiger partial charge in [-0.05, 0) is 0 Å². The number of hydrogen-bond donors (Lipinski definition) is 0. The van der Waals surface area contributed by atoms with Gasteiger partial charge in [-0.15, -0.1) is 0 Å². The molecular formula is C19H2F34O2. The molecule has 36 heteroatoms. The average Bonchev–Trinajstić information content (AvgIpc) is 2.94. The van der Waals surface area contributed by atoms with E-state index in [1.54, 1.807) is 0 Å². The van der Waals surface area contributed by atoms with Crippen LogP contribution in [0.5, 0.6) is 0 Å². The van der Waals surface area contributed by atoms with Gasteiger partial charge in [-0.25, -0.2) is 0 Å². The summed E-state index contributed by atoms with van der Waals surface area (Å²) >= 11 is 0. The van der Waals surface area contributed by atoms with Gasteiger partial charge in [0.15, 0.2) is 0 Å². The fourth-order valence-electron chi connectivity index (χ4n) is 3.05. The van der Waals surface area contributed by atoms with Crippen molar-refractivity contribution in [3.63, 3.8) is 0 Å². The Morgan fingerprint density at radius 1 is 0.218 bits per heavy atom. The molecule has 328 valence electrons. The molecule has 0 N–H and O–H groups in total. The minimum Gasteiger partial charge on any atom is -0.292 e. The quantitative estimate of drug-likeness (QED) is 0.114. The summed E-state index contributed by atoms with van der Waals surface area (Å²) < 4.78 is 449. The van der Waals surface area contributed by atoms with Crippen LogP contribution in [0.15, 0.2) is 0 Å². The predicted octanol–water partition coefficient (Wildman–Crippen LogP) is 10.5. The van der Waals surface area contributed by atoms with Crippen LogP contribution in [-0.2, 0) is 9.59 Å². The molecule has 2 nitrogen and oxygen atoms in total. The Kier molecular flexibility index (Phi) is 12.0. The lowest BCUT2D eigenvalue weighted by Gasteiger charge is -2.43. The minimum atomic E-state index is -9.53. The fourth-order valence-corrected chi connectivity index (χ4v) is 3.05. The summed E-state index contributed by atoms with van der Waals surface area (Å²) in [5, 5.41) is 0. The summed E-state index contributed by atoms with van der Waals surface area (Å²) in [5.41, 5.74) is 0. The predicted molar refractivity (Wildman–Crippen MR) is 96.0 cm³/mol. The van der Waals surface area contributed by atoms with Crippen molar-refractivity contribution in [1.82, 2.24) is 0 Å². The molecule has 0 aromatic carbocycles. The Bertz CT molecular complexity index is 1350. The van der Waals surface area contributed by atoms with Crippen LogP contribution in [0.25, 0.3) is 0 Å². The number of carbonyl (C=O) groups excluding carboxylic acids is 2. The largest absolute Gasteiger partial charge is 0.460 e. The lowest BCUT2D eigenvalue weighted by molar-refractivity contribution is -0.459. The van der Waals surface area contributed by atoms with E-state index in [0.29, 0.717) is 0 Å². The van der Waals surface area contributed by atoms with Crippen LogP contribution in [0.4, 0.5) is 149 Å². The van der Waals surface area contributed by atoms with E-state index >= 15 is 0 Å². The van der Waals surface area contributed by atoms with Gasteiger partial charge in [0.1, 0.15) is 0 Å².